The van der Waals surface area contributed by atoms with Crippen molar-refractivity contribution in [2.75, 3.05) is 13.1 Å². The van der Waals surface area contributed by atoms with E-state index in [9.17, 15) is 18.0 Å². The van der Waals surface area contributed by atoms with E-state index in [1.54, 1.807) is 50.5 Å². The van der Waals surface area contributed by atoms with Crippen molar-refractivity contribution < 1.29 is 22.7 Å². The van der Waals surface area contributed by atoms with E-state index >= 15 is 0 Å². The topological polar surface area (TPSA) is 107 Å². The zero-order valence-electron chi connectivity index (χ0n) is 19.1. The molecule has 3 rings (SSSR count). The number of aromatic nitrogens is 2. The second kappa shape index (κ2) is 11.4. The van der Waals surface area contributed by atoms with Crippen molar-refractivity contribution in [3.8, 4) is 5.75 Å². The molecule has 0 aliphatic heterocycles. The summed E-state index contributed by atoms with van der Waals surface area (Å²) in [6.07, 6.45) is 3.25. The number of esters is 1. The highest BCUT2D eigenvalue weighted by Crippen LogP contribution is 2.28. The van der Waals surface area contributed by atoms with Crippen LogP contribution in [0.15, 0.2) is 71.0 Å². The van der Waals surface area contributed by atoms with Gasteiger partial charge in [-0.1, -0.05) is 31.7 Å². The van der Waals surface area contributed by atoms with Crippen molar-refractivity contribution in [3.05, 3.63) is 77.6 Å². The van der Waals surface area contributed by atoms with E-state index in [2.05, 4.69) is 9.97 Å². The van der Waals surface area contributed by atoms with Gasteiger partial charge in [-0.05, 0) is 49.4 Å². The summed E-state index contributed by atoms with van der Waals surface area (Å²) in [6, 6.07) is 12.3. The third-order valence-electron chi connectivity index (χ3n) is 4.98. The number of hydrogen-bond donors (Lipinski definition) is 0. The molecule has 1 heterocycles. The van der Waals surface area contributed by atoms with E-state index in [4.69, 9.17) is 4.74 Å². The fourth-order valence-corrected chi connectivity index (χ4v) is 5.45. The number of carbonyl (C=O) groups is 2. The zero-order valence-corrected chi connectivity index (χ0v) is 20.7. The quantitative estimate of drug-likeness (QED) is 0.134. The minimum Gasteiger partial charge on any atom is -0.423 e. The Hall–Kier alpha value is -3.08. The lowest BCUT2D eigenvalue weighted by atomic mass is 10.1. The number of rotatable bonds is 10. The van der Waals surface area contributed by atoms with Crippen molar-refractivity contribution >= 4 is 33.5 Å². The van der Waals surface area contributed by atoms with Crippen LogP contribution in [0.5, 0.6) is 5.75 Å². The van der Waals surface area contributed by atoms with E-state index < -0.39 is 16.0 Å². The Kier molecular flexibility index (Phi) is 8.54. The monoisotopic (exact) mass is 499 g/mol. The van der Waals surface area contributed by atoms with E-state index in [1.165, 1.54) is 47.3 Å². The average molecular weight is 500 g/mol. The summed E-state index contributed by atoms with van der Waals surface area (Å²) in [6.45, 7) is 5.61. The molecule has 0 saturated heterocycles. The first-order chi connectivity index (χ1) is 16.3. The van der Waals surface area contributed by atoms with Gasteiger partial charge in [-0.3, -0.25) is 4.79 Å². The maximum absolute atomic E-state index is 12.9. The summed E-state index contributed by atoms with van der Waals surface area (Å²) in [4.78, 5) is 33.1. The third kappa shape index (κ3) is 6.07. The summed E-state index contributed by atoms with van der Waals surface area (Å²) in [7, 11) is -3.72. The molecule has 0 saturated carbocycles. The number of thioether (sulfide) groups is 1. The molecule has 0 aliphatic carbocycles. The summed E-state index contributed by atoms with van der Waals surface area (Å²) >= 11 is 1.34. The van der Waals surface area contributed by atoms with Gasteiger partial charge >= 0.3 is 5.97 Å². The van der Waals surface area contributed by atoms with Gasteiger partial charge in [0.05, 0.1) is 10.5 Å². The Morgan fingerprint density at radius 1 is 0.971 bits per heavy atom. The van der Waals surface area contributed by atoms with E-state index in [0.717, 1.165) is 0 Å². The molecule has 0 radical (unpaired) electrons. The molecule has 0 aliphatic rings. The van der Waals surface area contributed by atoms with Gasteiger partial charge in [0.1, 0.15) is 5.75 Å². The van der Waals surface area contributed by atoms with Crippen molar-refractivity contribution in [2.45, 2.75) is 36.6 Å². The summed E-state index contributed by atoms with van der Waals surface area (Å²) in [5.74, 6) is -0.177. The van der Waals surface area contributed by atoms with E-state index in [1.807, 2.05) is 0 Å². The molecule has 0 atom stereocenters. The van der Waals surface area contributed by atoms with Crippen molar-refractivity contribution in [2.24, 2.45) is 0 Å². The Labute approximate surface area is 203 Å². The Morgan fingerprint density at radius 2 is 1.68 bits per heavy atom. The fraction of sp³-hybridized carbons (Fsp3) is 0.250. The number of sulfonamides is 1. The lowest BCUT2D eigenvalue weighted by Crippen LogP contribution is -2.30. The van der Waals surface area contributed by atoms with Crippen LogP contribution in [0.1, 0.15) is 47.1 Å². The highest BCUT2D eigenvalue weighted by molar-refractivity contribution is 7.98. The number of carbonyl (C=O) groups excluding carboxylic acids is 2. The van der Waals surface area contributed by atoms with Gasteiger partial charge in [-0.25, -0.2) is 23.2 Å². The highest BCUT2D eigenvalue weighted by atomic mass is 32.2. The van der Waals surface area contributed by atoms with Crippen LogP contribution in [0, 0.1) is 0 Å². The molecule has 0 fully saturated rings. The van der Waals surface area contributed by atoms with E-state index in [-0.39, 0.29) is 22.0 Å². The molecule has 1 aromatic heterocycles. The standard InChI is InChI=1S/C24H25N3O5S2/c1-4-27(5-2)34(30,31)21-9-6-8-19(15-21)23(29)32-22-11-10-18(17(3)28)14-20(22)16-33-24-25-12-7-13-26-24/h6-15H,4-5,16H2,1-3H3. The number of Topliss-reactive ketones (excluding diaryl/α,β-unsaturated/α-hetero) is 1. The molecule has 0 bridgehead atoms. The van der Waals surface area contributed by atoms with Crippen LogP contribution in [0.4, 0.5) is 0 Å². The van der Waals surface area contributed by atoms with Crippen LogP contribution in [0.25, 0.3) is 0 Å². The predicted molar refractivity (Wildman–Crippen MR) is 130 cm³/mol. The zero-order chi connectivity index (χ0) is 24.7. The largest absolute Gasteiger partial charge is 0.423 e. The lowest BCUT2D eigenvalue weighted by Gasteiger charge is -2.18. The minimum absolute atomic E-state index is 0.0228. The van der Waals surface area contributed by atoms with Gasteiger partial charge in [-0.2, -0.15) is 4.31 Å². The molecule has 178 valence electrons. The van der Waals surface area contributed by atoms with Crippen LogP contribution < -0.4 is 4.74 Å². The predicted octanol–water partition coefficient (Wildman–Crippen LogP) is 4.22. The SMILES string of the molecule is CCN(CC)S(=O)(=O)c1cccc(C(=O)Oc2ccc(C(C)=O)cc2CSc2ncccn2)c1. The number of ether oxygens (including phenoxy) is 1. The molecule has 0 unspecified atom stereocenters. The van der Waals surface area contributed by atoms with Crippen molar-refractivity contribution in [1.82, 2.24) is 14.3 Å². The molecule has 10 heteroatoms. The summed E-state index contributed by atoms with van der Waals surface area (Å²) in [5.41, 5.74) is 1.20. The fourth-order valence-electron chi connectivity index (χ4n) is 3.17. The summed E-state index contributed by atoms with van der Waals surface area (Å²) < 4.78 is 32.6. The number of nitrogens with zero attached hydrogens (tertiary/aromatic N) is 3. The molecule has 2 aromatic carbocycles. The first-order valence-electron chi connectivity index (χ1n) is 10.6. The van der Waals surface area contributed by atoms with Crippen molar-refractivity contribution in [3.63, 3.8) is 0 Å². The van der Waals surface area contributed by atoms with Crippen molar-refractivity contribution in [1.29, 1.82) is 0 Å². The Bertz CT molecular complexity index is 1280. The second-order valence-corrected chi connectivity index (χ2v) is 10.1. The molecule has 34 heavy (non-hydrogen) atoms. The molecule has 0 amide bonds. The van der Waals surface area contributed by atoms with Crippen LogP contribution in [0.2, 0.25) is 0 Å². The van der Waals surface area contributed by atoms with E-state index in [0.29, 0.717) is 35.1 Å². The van der Waals surface area contributed by atoms with Crippen LogP contribution in [-0.4, -0.2) is 47.5 Å². The first kappa shape index (κ1) is 25.5. The smallest absolute Gasteiger partial charge is 0.343 e. The van der Waals surface area contributed by atoms with Crippen LogP contribution >= 0.6 is 11.8 Å². The van der Waals surface area contributed by atoms with Crippen LogP contribution in [0.3, 0.4) is 0 Å². The highest BCUT2D eigenvalue weighted by Gasteiger charge is 2.23. The summed E-state index contributed by atoms with van der Waals surface area (Å²) in [5, 5.41) is 0.544. The molecule has 3 aromatic rings. The average Bonchev–Trinajstić information content (AvgIpc) is 2.84. The molecule has 0 N–H and O–H groups in total. The normalized spacial score (nSPS) is 11.4. The Balaban J connectivity index is 1.87. The van der Waals surface area contributed by atoms with Gasteiger partial charge in [0, 0.05) is 42.4 Å². The maximum Gasteiger partial charge on any atom is 0.343 e. The van der Waals surface area contributed by atoms with Gasteiger partial charge in [-0.15, -0.1) is 0 Å². The Morgan fingerprint density at radius 3 is 2.32 bits per heavy atom. The van der Waals surface area contributed by atoms with Gasteiger partial charge in [0.15, 0.2) is 10.9 Å². The molecular weight excluding hydrogens is 474 g/mol. The van der Waals surface area contributed by atoms with Gasteiger partial charge in [0.25, 0.3) is 0 Å². The molecular formula is C24H25N3O5S2. The maximum atomic E-state index is 12.9. The lowest BCUT2D eigenvalue weighted by molar-refractivity contribution is 0.0733. The molecule has 0 spiro atoms. The third-order valence-corrected chi connectivity index (χ3v) is 7.95. The minimum atomic E-state index is -3.72. The second-order valence-electron chi connectivity index (χ2n) is 7.21. The first-order valence-corrected chi connectivity index (χ1v) is 13.0. The molecule has 8 nitrogen and oxygen atoms in total. The van der Waals surface area contributed by atoms with Crippen LogP contribution in [-0.2, 0) is 15.8 Å². The number of ketones is 1. The number of benzene rings is 2. The number of hydrogen-bond acceptors (Lipinski definition) is 8. The van der Waals surface area contributed by atoms with Gasteiger partial charge < -0.3 is 4.74 Å². The van der Waals surface area contributed by atoms with Gasteiger partial charge in [0.2, 0.25) is 10.0 Å².